The van der Waals surface area contributed by atoms with Crippen molar-refractivity contribution in [2.24, 2.45) is 0 Å². The van der Waals surface area contributed by atoms with Gasteiger partial charge in [-0.3, -0.25) is 0 Å². The summed E-state index contributed by atoms with van der Waals surface area (Å²) in [5.41, 5.74) is 0.735. The standard InChI is InChI=1S/C13H17N3O2S2/c1-15(2)10-11-9-13(16(14-11)19-3)20(17,18)12-7-5-4-6-8-12/h4-9H,10H2,1-3H3. The maximum absolute atomic E-state index is 12.6. The van der Waals surface area contributed by atoms with Gasteiger partial charge in [-0.2, -0.15) is 9.19 Å². The molecule has 0 saturated heterocycles. The number of nitrogens with zero attached hydrogens (tertiary/aromatic N) is 3. The first-order valence-electron chi connectivity index (χ1n) is 6.03. The average Bonchev–Trinajstić information content (AvgIpc) is 2.82. The van der Waals surface area contributed by atoms with Gasteiger partial charge in [-0.05, 0) is 38.2 Å². The van der Waals surface area contributed by atoms with E-state index in [2.05, 4.69) is 5.10 Å². The predicted molar refractivity (Wildman–Crippen MR) is 80.4 cm³/mol. The molecule has 20 heavy (non-hydrogen) atoms. The molecule has 0 atom stereocenters. The van der Waals surface area contributed by atoms with E-state index in [-0.39, 0.29) is 9.92 Å². The van der Waals surface area contributed by atoms with E-state index in [0.717, 1.165) is 5.69 Å². The zero-order valence-electron chi connectivity index (χ0n) is 11.6. The summed E-state index contributed by atoms with van der Waals surface area (Å²) < 4.78 is 26.7. The monoisotopic (exact) mass is 311 g/mol. The highest BCUT2D eigenvalue weighted by molar-refractivity contribution is 7.98. The van der Waals surface area contributed by atoms with E-state index < -0.39 is 9.84 Å². The van der Waals surface area contributed by atoms with E-state index >= 15 is 0 Å². The molecule has 1 aromatic heterocycles. The van der Waals surface area contributed by atoms with Crippen LogP contribution in [0, 0.1) is 0 Å². The van der Waals surface area contributed by atoms with Crippen molar-refractivity contribution in [3.63, 3.8) is 0 Å². The van der Waals surface area contributed by atoms with Crippen LogP contribution in [-0.4, -0.2) is 42.9 Å². The van der Waals surface area contributed by atoms with E-state index in [0.29, 0.717) is 6.54 Å². The summed E-state index contributed by atoms with van der Waals surface area (Å²) in [6.45, 7) is 0.602. The van der Waals surface area contributed by atoms with Crippen molar-refractivity contribution < 1.29 is 8.42 Å². The molecule has 0 fully saturated rings. The van der Waals surface area contributed by atoms with Gasteiger partial charge in [0.05, 0.1) is 10.6 Å². The van der Waals surface area contributed by atoms with E-state index in [1.807, 2.05) is 19.0 Å². The fourth-order valence-electron chi connectivity index (χ4n) is 1.83. The molecular weight excluding hydrogens is 294 g/mol. The third-order valence-corrected chi connectivity index (χ3v) is 5.15. The third-order valence-electron chi connectivity index (χ3n) is 2.68. The summed E-state index contributed by atoms with van der Waals surface area (Å²) in [7, 11) is 0.305. The second-order valence-electron chi connectivity index (χ2n) is 4.58. The van der Waals surface area contributed by atoms with Crippen LogP contribution >= 0.6 is 11.9 Å². The number of hydrogen-bond acceptors (Lipinski definition) is 5. The van der Waals surface area contributed by atoms with E-state index in [1.54, 1.807) is 42.7 Å². The van der Waals surface area contributed by atoms with Gasteiger partial charge in [-0.1, -0.05) is 18.2 Å². The molecule has 5 nitrogen and oxygen atoms in total. The van der Waals surface area contributed by atoms with Gasteiger partial charge in [0.2, 0.25) is 9.84 Å². The summed E-state index contributed by atoms with van der Waals surface area (Å²) >= 11 is 1.27. The van der Waals surface area contributed by atoms with Crippen molar-refractivity contribution in [3.05, 3.63) is 42.1 Å². The molecule has 0 aliphatic carbocycles. The lowest BCUT2D eigenvalue weighted by Gasteiger charge is -2.05. The lowest BCUT2D eigenvalue weighted by atomic mass is 10.4. The lowest BCUT2D eigenvalue weighted by molar-refractivity contribution is 0.396. The Morgan fingerprint density at radius 3 is 2.45 bits per heavy atom. The lowest BCUT2D eigenvalue weighted by Crippen LogP contribution is -2.11. The van der Waals surface area contributed by atoms with Gasteiger partial charge in [0, 0.05) is 18.9 Å². The fraction of sp³-hybridized carbons (Fsp3) is 0.308. The van der Waals surface area contributed by atoms with Crippen LogP contribution in [0.15, 0.2) is 46.3 Å². The SMILES string of the molecule is CSn1nc(CN(C)C)cc1S(=O)(=O)c1ccccc1. The Hall–Kier alpha value is -1.31. The van der Waals surface area contributed by atoms with E-state index in [4.69, 9.17) is 0 Å². The zero-order valence-corrected chi connectivity index (χ0v) is 13.3. The minimum absolute atomic E-state index is 0.216. The van der Waals surface area contributed by atoms with Crippen LogP contribution in [0.4, 0.5) is 0 Å². The van der Waals surface area contributed by atoms with Gasteiger partial charge < -0.3 is 4.90 Å². The first-order valence-corrected chi connectivity index (χ1v) is 8.70. The molecule has 0 saturated carbocycles. The Kier molecular flexibility index (Phi) is 4.52. The normalized spacial score (nSPS) is 12.0. The number of benzene rings is 1. The number of aromatic nitrogens is 2. The van der Waals surface area contributed by atoms with Gasteiger partial charge in [0.25, 0.3) is 0 Å². The quantitative estimate of drug-likeness (QED) is 0.844. The van der Waals surface area contributed by atoms with Crippen molar-refractivity contribution in [2.75, 3.05) is 20.4 Å². The molecule has 7 heteroatoms. The van der Waals surface area contributed by atoms with Crippen molar-refractivity contribution in [2.45, 2.75) is 16.5 Å². The van der Waals surface area contributed by atoms with Crippen molar-refractivity contribution in [1.29, 1.82) is 0 Å². The Balaban J connectivity index is 2.49. The molecule has 2 rings (SSSR count). The maximum atomic E-state index is 12.6. The van der Waals surface area contributed by atoms with Crippen LogP contribution in [0.2, 0.25) is 0 Å². The third kappa shape index (κ3) is 3.05. The molecule has 108 valence electrons. The Bertz CT molecular complexity index is 679. The molecule has 1 heterocycles. The summed E-state index contributed by atoms with van der Waals surface area (Å²) in [6.07, 6.45) is 1.80. The Labute approximate surface area is 123 Å². The van der Waals surface area contributed by atoms with E-state index in [1.165, 1.54) is 16.0 Å². The highest BCUT2D eigenvalue weighted by Gasteiger charge is 2.24. The van der Waals surface area contributed by atoms with Crippen molar-refractivity contribution >= 4 is 21.8 Å². The molecule has 0 aliphatic heterocycles. The number of rotatable bonds is 5. The van der Waals surface area contributed by atoms with Crippen molar-refractivity contribution in [1.82, 2.24) is 14.1 Å². The van der Waals surface area contributed by atoms with Gasteiger partial charge in [0.1, 0.15) is 0 Å². The van der Waals surface area contributed by atoms with Crippen LogP contribution in [0.25, 0.3) is 0 Å². The topological polar surface area (TPSA) is 55.2 Å². The molecule has 0 amide bonds. The molecular formula is C13H17N3O2S2. The van der Waals surface area contributed by atoms with Gasteiger partial charge >= 0.3 is 0 Å². The van der Waals surface area contributed by atoms with Crippen LogP contribution < -0.4 is 0 Å². The number of sulfone groups is 1. The number of hydrogen-bond donors (Lipinski definition) is 0. The average molecular weight is 311 g/mol. The summed E-state index contributed by atoms with van der Waals surface area (Å²) in [5.74, 6) is 0. The predicted octanol–water partition coefficient (Wildman–Crippen LogP) is 1.90. The molecule has 0 aliphatic rings. The Morgan fingerprint density at radius 1 is 1.25 bits per heavy atom. The second-order valence-corrected chi connectivity index (χ2v) is 7.19. The first kappa shape index (κ1) is 15.1. The minimum atomic E-state index is -3.54. The van der Waals surface area contributed by atoms with Crippen LogP contribution in [-0.2, 0) is 16.4 Å². The molecule has 0 bridgehead atoms. The van der Waals surface area contributed by atoms with Crippen LogP contribution in [0.1, 0.15) is 5.69 Å². The first-order chi connectivity index (χ1) is 9.45. The summed E-state index contributed by atoms with van der Waals surface area (Å²) in [5, 5.41) is 4.54. The van der Waals surface area contributed by atoms with Gasteiger partial charge in [-0.25, -0.2) is 8.42 Å². The second kappa shape index (κ2) is 5.99. The molecule has 0 spiro atoms. The molecule has 0 N–H and O–H groups in total. The van der Waals surface area contributed by atoms with Crippen LogP contribution in [0.5, 0.6) is 0 Å². The maximum Gasteiger partial charge on any atom is 0.224 e. The van der Waals surface area contributed by atoms with Crippen molar-refractivity contribution in [3.8, 4) is 0 Å². The molecule has 2 aromatic rings. The largest absolute Gasteiger partial charge is 0.304 e. The molecule has 0 unspecified atom stereocenters. The van der Waals surface area contributed by atoms with E-state index in [9.17, 15) is 8.42 Å². The van der Waals surface area contributed by atoms with Gasteiger partial charge in [0.15, 0.2) is 5.03 Å². The van der Waals surface area contributed by atoms with Crippen LogP contribution in [0.3, 0.4) is 0 Å². The summed E-state index contributed by atoms with van der Waals surface area (Å²) in [6, 6.07) is 10.1. The molecule has 1 aromatic carbocycles. The highest BCUT2D eigenvalue weighted by Crippen LogP contribution is 2.24. The summed E-state index contributed by atoms with van der Waals surface area (Å²) in [4.78, 5) is 2.23. The smallest absolute Gasteiger partial charge is 0.224 e. The Morgan fingerprint density at radius 2 is 1.90 bits per heavy atom. The zero-order chi connectivity index (χ0) is 14.8. The molecule has 0 radical (unpaired) electrons. The highest BCUT2D eigenvalue weighted by atomic mass is 32.2. The van der Waals surface area contributed by atoms with Gasteiger partial charge in [-0.15, -0.1) is 0 Å². The fourth-order valence-corrected chi connectivity index (χ4v) is 4.06. The minimum Gasteiger partial charge on any atom is -0.304 e.